The fourth-order valence-electron chi connectivity index (χ4n) is 1.69. The Hall–Kier alpha value is 0.270. The zero-order chi connectivity index (χ0) is 11.5. The Morgan fingerprint density at radius 1 is 1.07 bits per heavy atom. The molecule has 0 fully saturated rings. The zero-order valence-corrected chi connectivity index (χ0v) is 11.0. The van der Waals surface area contributed by atoms with Gasteiger partial charge in [-0.25, -0.2) is 0 Å². The number of rotatable bonds is 10. The third-order valence-corrected chi connectivity index (χ3v) is 3.42. The second-order valence-corrected chi connectivity index (χ2v) is 5.78. The second-order valence-electron chi connectivity index (χ2n) is 4.30. The highest BCUT2D eigenvalue weighted by atomic mass is 32.2. The molecule has 0 aromatic rings. The number of hydrogen-bond donors (Lipinski definition) is 1. The summed E-state index contributed by atoms with van der Waals surface area (Å²) in [7, 11) is 0. The van der Waals surface area contributed by atoms with Crippen molar-refractivity contribution in [2.75, 3.05) is 12.0 Å². The van der Waals surface area contributed by atoms with Gasteiger partial charge >= 0.3 is 0 Å². The molecule has 0 aliphatic carbocycles. The first-order valence-corrected chi connectivity index (χ1v) is 7.87. The van der Waals surface area contributed by atoms with Crippen LogP contribution in [0.2, 0.25) is 0 Å². The van der Waals surface area contributed by atoms with Crippen LogP contribution in [0.15, 0.2) is 0 Å². The van der Waals surface area contributed by atoms with Gasteiger partial charge < -0.3 is 9.66 Å². The van der Waals surface area contributed by atoms with Crippen LogP contribution in [0.1, 0.15) is 58.3 Å². The van der Waals surface area contributed by atoms with Crippen LogP contribution in [0, 0.1) is 0 Å². The third kappa shape index (κ3) is 12.2. The van der Waals surface area contributed by atoms with Crippen molar-refractivity contribution in [2.24, 2.45) is 0 Å². The Balaban J connectivity index is 3.09. The largest absolute Gasteiger partial charge is 0.616 e. The lowest BCUT2D eigenvalue weighted by molar-refractivity contribution is 0.182. The fraction of sp³-hybridized carbons (Fsp3) is 1.00. The Labute approximate surface area is 97.6 Å². The average Bonchev–Trinajstić information content (AvgIpc) is 2.15. The molecule has 0 radical (unpaired) electrons. The number of hydrogen-bond acceptors (Lipinski definition) is 2. The smallest absolute Gasteiger partial charge is 0.131 e. The molecule has 2 unspecified atom stereocenters. The molecule has 0 bridgehead atoms. The van der Waals surface area contributed by atoms with Crippen LogP contribution >= 0.6 is 0 Å². The summed E-state index contributed by atoms with van der Waals surface area (Å²) in [5.74, 6) is 0.440. The lowest BCUT2D eigenvalue weighted by atomic mass is 10.1. The number of aliphatic hydroxyl groups is 1. The fourth-order valence-corrected chi connectivity index (χ4v) is 2.40. The van der Waals surface area contributed by atoms with Crippen LogP contribution in [0.3, 0.4) is 0 Å². The maximum atomic E-state index is 10.8. The van der Waals surface area contributed by atoms with E-state index in [1.165, 1.54) is 38.5 Å². The van der Waals surface area contributed by atoms with Gasteiger partial charge in [0.05, 0.1) is 12.4 Å². The van der Waals surface area contributed by atoms with Gasteiger partial charge in [-0.1, -0.05) is 63.0 Å². The summed E-state index contributed by atoms with van der Waals surface area (Å²) in [6.07, 6.45) is 11.0. The predicted molar refractivity (Wildman–Crippen MR) is 67.6 cm³/mol. The normalized spacial score (nSPS) is 15.2. The van der Waals surface area contributed by atoms with Gasteiger partial charge in [0, 0.05) is 0 Å². The average molecular weight is 234 g/mol. The molecule has 0 heterocycles. The lowest BCUT2D eigenvalue weighted by Crippen LogP contribution is -2.19. The van der Waals surface area contributed by atoms with Crippen molar-refractivity contribution < 1.29 is 9.66 Å². The van der Waals surface area contributed by atoms with Crippen LogP contribution in [0.25, 0.3) is 0 Å². The summed E-state index contributed by atoms with van der Waals surface area (Å²) >= 11 is -0.857. The highest BCUT2D eigenvalue weighted by Gasteiger charge is 2.09. The van der Waals surface area contributed by atoms with Gasteiger partial charge in [0.15, 0.2) is 0 Å². The Kier molecular flexibility index (Phi) is 11.0. The molecule has 0 aromatic carbocycles. The molecule has 0 saturated carbocycles. The van der Waals surface area contributed by atoms with Gasteiger partial charge in [0.1, 0.15) is 5.75 Å². The standard InChI is InChI=1S/C12H26O2S/c1-3-4-5-6-7-8-9-10-12(13)11-15(2)14/h12-13H,3-11H2,1-2H3. The first-order valence-electron chi connectivity index (χ1n) is 6.15. The topological polar surface area (TPSA) is 43.3 Å². The van der Waals surface area contributed by atoms with Crippen molar-refractivity contribution in [2.45, 2.75) is 64.4 Å². The van der Waals surface area contributed by atoms with Gasteiger partial charge in [-0.05, 0) is 6.42 Å². The molecule has 0 saturated heterocycles. The Morgan fingerprint density at radius 3 is 2.13 bits per heavy atom. The summed E-state index contributed by atoms with van der Waals surface area (Å²) in [5, 5.41) is 9.47. The molecule has 0 amide bonds. The van der Waals surface area contributed by atoms with E-state index in [1.807, 2.05) is 0 Å². The van der Waals surface area contributed by atoms with E-state index in [2.05, 4.69) is 6.92 Å². The SMILES string of the molecule is CCCCCCCCCC(O)C[S+](C)[O-]. The Morgan fingerprint density at radius 2 is 1.60 bits per heavy atom. The molecule has 15 heavy (non-hydrogen) atoms. The van der Waals surface area contributed by atoms with Gasteiger partial charge in [-0.15, -0.1) is 0 Å². The molecule has 0 rings (SSSR count). The van der Waals surface area contributed by atoms with Gasteiger partial charge in [0.25, 0.3) is 0 Å². The molecule has 0 spiro atoms. The van der Waals surface area contributed by atoms with Crippen molar-refractivity contribution in [3.63, 3.8) is 0 Å². The first kappa shape index (κ1) is 15.3. The molecular weight excluding hydrogens is 208 g/mol. The van der Waals surface area contributed by atoms with E-state index >= 15 is 0 Å². The van der Waals surface area contributed by atoms with E-state index in [9.17, 15) is 9.66 Å². The quantitative estimate of drug-likeness (QED) is 0.466. The molecule has 92 valence electrons. The minimum absolute atomic E-state index is 0.355. The molecule has 2 atom stereocenters. The van der Waals surface area contributed by atoms with Crippen LogP contribution in [-0.4, -0.2) is 27.8 Å². The monoisotopic (exact) mass is 234 g/mol. The summed E-state index contributed by atoms with van der Waals surface area (Å²) in [4.78, 5) is 0. The summed E-state index contributed by atoms with van der Waals surface area (Å²) in [6, 6.07) is 0. The number of aliphatic hydroxyl groups excluding tert-OH is 1. The third-order valence-electron chi connectivity index (χ3n) is 2.57. The first-order chi connectivity index (χ1) is 7.16. The van der Waals surface area contributed by atoms with Crippen LogP contribution in [0.5, 0.6) is 0 Å². The van der Waals surface area contributed by atoms with E-state index in [-0.39, 0.29) is 6.10 Å². The van der Waals surface area contributed by atoms with Crippen molar-refractivity contribution >= 4 is 11.2 Å². The second kappa shape index (κ2) is 10.8. The highest BCUT2D eigenvalue weighted by molar-refractivity contribution is 7.90. The maximum Gasteiger partial charge on any atom is 0.131 e. The van der Waals surface area contributed by atoms with Gasteiger partial charge in [0.2, 0.25) is 0 Å². The zero-order valence-electron chi connectivity index (χ0n) is 10.2. The van der Waals surface area contributed by atoms with E-state index in [0.29, 0.717) is 5.75 Å². The minimum atomic E-state index is -0.857. The minimum Gasteiger partial charge on any atom is -0.616 e. The van der Waals surface area contributed by atoms with Crippen LogP contribution in [0.4, 0.5) is 0 Å². The van der Waals surface area contributed by atoms with Crippen LogP contribution in [-0.2, 0) is 11.2 Å². The van der Waals surface area contributed by atoms with Crippen molar-refractivity contribution in [3.05, 3.63) is 0 Å². The lowest BCUT2D eigenvalue weighted by Gasteiger charge is -2.11. The van der Waals surface area contributed by atoms with Gasteiger partial charge in [-0.3, -0.25) is 0 Å². The van der Waals surface area contributed by atoms with Crippen molar-refractivity contribution in [1.29, 1.82) is 0 Å². The van der Waals surface area contributed by atoms with E-state index < -0.39 is 11.2 Å². The van der Waals surface area contributed by atoms with Crippen molar-refractivity contribution in [1.82, 2.24) is 0 Å². The molecule has 2 nitrogen and oxygen atoms in total. The van der Waals surface area contributed by atoms with Gasteiger partial charge in [-0.2, -0.15) is 0 Å². The maximum absolute atomic E-state index is 10.8. The molecular formula is C12H26O2S. The summed E-state index contributed by atoms with van der Waals surface area (Å²) < 4.78 is 10.8. The predicted octanol–water partition coefficient (Wildman–Crippen LogP) is 2.87. The summed E-state index contributed by atoms with van der Waals surface area (Å²) in [5.41, 5.74) is 0. The number of unbranched alkanes of at least 4 members (excludes halogenated alkanes) is 6. The summed E-state index contributed by atoms with van der Waals surface area (Å²) in [6.45, 7) is 2.22. The highest BCUT2D eigenvalue weighted by Crippen LogP contribution is 2.10. The Bertz CT molecular complexity index is 129. The molecule has 0 aliphatic heterocycles. The van der Waals surface area contributed by atoms with Crippen LogP contribution < -0.4 is 0 Å². The van der Waals surface area contributed by atoms with Crippen molar-refractivity contribution in [3.8, 4) is 0 Å². The molecule has 3 heteroatoms. The molecule has 0 aliphatic rings. The molecule has 1 N–H and O–H groups in total. The molecule has 0 aromatic heterocycles. The van der Waals surface area contributed by atoms with E-state index in [0.717, 1.165) is 12.8 Å². The van der Waals surface area contributed by atoms with E-state index in [1.54, 1.807) is 6.26 Å². The van der Waals surface area contributed by atoms with E-state index in [4.69, 9.17) is 0 Å².